The molecule has 7 heteroatoms. The Morgan fingerprint density at radius 1 is 1.41 bits per heavy atom. The molecule has 0 aliphatic heterocycles. The molecule has 0 atom stereocenters. The molecule has 1 N–H and O–H groups in total. The van der Waals surface area contributed by atoms with E-state index in [0.717, 1.165) is 17.9 Å². The van der Waals surface area contributed by atoms with Crippen LogP contribution in [0.2, 0.25) is 0 Å². The summed E-state index contributed by atoms with van der Waals surface area (Å²) >= 11 is 0. The molecule has 2 rings (SSSR count). The van der Waals surface area contributed by atoms with E-state index in [1.165, 1.54) is 0 Å². The number of aryl methyl sites for hydroxylation is 1. The van der Waals surface area contributed by atoms with Crippen molar-refractivity contribution in [1.29, 1.82) is 0 Å². The van der Waals surface area contributed by atoms with Crippen molar-refractivity contribution in [1.82, 2.24) is 15.0 Å². The fourth-order valence-corrected chi connectivity index (χ4v) is 1.76. The molecule has 22 heavy (non-hydrogen) atoms. The van der Waals surface area contributed by atoms with Gasteiger partial charge in [0, 0.05) is 18.5 Å². The second kappa shape index (κ2) is 7.56. The summed E-state index contributed by atoms with van der Waals surface area (Å²) in [5.74, 6) is 0.585. The molecule has 0 unspecified atom stereocenters. The van der Waals surface area contributed by atoms with E-state index in [9.17, 15) is 4.79 Å². The summed E-state index contributed by atoms with van der Waals surface area (Å²) in [6, 6.07) is 7.41. The molecule has 118 valence electrons. The molecule has 0 amide bonds. The van der Waals surface area contributed by atoms with Crippen LogP contribution in [0.15, 0.2) is 28.8 Å². The third-order valence-corrected chi connectivity index (χ3v) is 2.92. The van der Waals surface area contributed by atoms with Crippen LogP contribution in [0, 0.1) is 0 Å². The molecule has 0 fully saturated rings. The molecule has 0 spiro atoms. The molecule has 2 aromatic rings. The number of rotatable bonds is 8. The summed E-state index contributed by atoms with van der Waals surface area (Å²) in [6.45, 7) is 1.42. The Bertz CT molecular complexity index is 625. The second-order valence-electron chi connectivity index (χ2n) is 5.09. The van der Waals surface area contributed by atoms with Gasteiger partial charge in [0.25, 0.3) is 0 Å². The molecule has 1 aromatic carbocycles. The van der Waals surface area contributed by atoms with Crippen LogP contribution in [0.3, 0.4) is 0 Å². The minimum atomic E-state index is -0.893. The van der Waals surface area contributed by atoms with Gasteiger partial charge in [-0.2, -0.15) is 4.98 Å². The van der Waals surface area contributed by atoms with Crippen LogP contribution in [-0.2, 0) is 11.2 Å². The number of ether oxygens (including phenoxy) is 1. The zero-order chi connectivity index (χ0) is 15.9. The van der Waals surface area contributed by atoms with Crippen molar-refractivity contribution in [2.45, 2.75) is 12.8 Å². The highest BCUT2D eigenvalue weighted by atomic mass is 16.5. The van der Waals surface area contributed by atoms with Crippen molar-refractivity contribution in [2.75, 3.05) is 27.2 Å². The average Bonchev–Trinajstić information content (AvgIpc) is 2.94. The monoisotopic (exact) mass is 305 g/mol. The van der Waals surface area contributed by atoms with E-state index in [4.69, 9.17) is 14.4 Å². The quantitative estimate of drug-likeness (QED) is 0.794. The van der Waals surface area contributed by atoms with Crippen molar-refractivity contribution >= 4 is 5.97 Å². The Morgan fingerprint density at radius 2 is 2.23 bits per heavy atom. The van der Waals surface area contributed by atoms with Crippen molar-refractivity contribution < 1.29 is 19.2 Å². The van der Waals surface area contributed by atoms with Gasteiger partial charge in [0.1, 0.15) is 12.4 Å². The Balaban J connectivity index is 2.01. The van der Waals surface area contributed by atoms with E-state index in [-0.39, 0.29) is 12.8 Å². The summed E-state index contributed by atoms with van der Waals surface area (Å²) in [6.07, 6.45) is 0.191. The summed E-state index contributed by atoms with van der Waals surface area (Å²) in [4.78, 5) is 16.8. The lowest BCUT2D eigenvalue weighted by Gasteiger charge is -2.11. The molecule has 0 bridgehead atoms. The van der Waals surface area contributed by atoms with Gasteiger partial charge in [-0.1, -0.05) is 17.3 Å². The number of benzene rings is 1. The maximum absolute atomic E-state index is 10.5. The predicted octanol–water partition coefficient (Wildman–Crippen LogP) is 1.69. The van der Waals surface area contributed by atoms with Crippen LogP contribution in [0.25, 0.3) is 11.4 Å². The Kier molecular flexibility index (Phi) is 5.48. The van der Waals surface area contributed by atoms with Gasteiger partial charge in [0.2, 0.25) is 11.7 Å². The van der Waals surface area contributed by atoms with Crippen molar-refractivity contribution in [3.05, 3.63) is 30.2 Å². The van der Waals surface area contributed by atoms with Crippen molar-refractivity contribution in [2.24, 2.45) is 0 Å². The van der Waals surface area contributed by atoms with Crippen molar-refractivity contribution in [3.8, 4) is 17.1 Å². The summed E-state index contributed by atoms with van der Waals surface area (Å²) in [5.41, 5.74) is 0.771. The van der Waals surface area contributed by atoms with E-state index in [1.54, 1.807) is 0 Å². The highest BCUT2D eigenvalue weighted by Gasteiger charge is 2.10. The van der Waals surface area contributed by atoms with E-state index < -0.39 is 5.97 Å². The minimum Gasteiger partial charge on any atom is -0.492 e. The second-order valence-corrected chi connectivity index (χ2v) is 5.09. The standard InChI is InChI=1S/C15H19N3O4/c1-18(2)8-9-21-12-5-3-4-11(10-12)15-16-13(22-17-15)6-7-14(19)20/h3-5,10H,6-9H2,1-2H3,(H,19,20). The molecule has 0 radical (unpaired) electrons. The Morgan fingerprint density at radius 3 is 2.95 bits per heavy atom. The minimum absolute atomic E-state index is 0.0324. The number of hydrogen-bond donors (Lipinski definition) is 1. The summed E-state index contributed by atoms with van der Waals surface area (Å²) in [5, 5.41) is 12.5. The van der Waals surface area contributed by atoms with E-state index in [1.807, 2.05) is 43.3 Å². The highest BCUT2D eigenvalue weighted by Crippen LogP contribution is 2.21. The normalized spacial score (nSPS) is 10.9. The SMILES string of the molecule is CN(C)CCOc1cccc(-c2noc(CCC(=O)O)n2)c1. The van der Waals surface area contributed by atoms with Gasteiger partial charge < -0.3 is 19.3 Å². The van der Waals surface area contributed by atoms with Crippen LogP contribution in [-0.4, -0.2) is 53.4 Å². The molecular formula is C15H19N3O4. The fourth-order valence-electron chi connectivity index (χ4n) is 1.76. The van der Waals surface area contributed by atoms with E-state index in [0.29, 0.717) is 18.3 Å². The lowest BCUT2D eigenvalue weighted by molar-refractivity contribution is -0.137. The predicted molar refractivity (Wildman–Crippen MR) is 79.7 cm³/mol. The number of aromatic nitrogens is 2. The maximum atomic E-state index is 10.5. The molecule has 1 aromatic heterocycles. The fraction of sp³-hybridized carbons (Fsp3) is 0.400. The van der Waals surface area contributed by atoms with Gasteiger partial charge in [-0.3, -0.25) is 4.79 Å². The van der Waals surface area contributed by atoms with E-state index >= 15 is 0 Å². The number of carboxylic acid groups (broad SMARTS) is 1. The van der Waals surface area contributed by atoms with Crippen LogP contribution < -0.4 is 4.74 Å². The molecule has 0 saturated heterocycles. The van der Waals surface area contributed by atoms with Gasteiger partial charge >= 0.3 is 5.97 Å². The van der Waals surface area contributed by atoms with Crippen LogP contribution in [0.1, 0.15) is 12.3 Å². The first-order chi connectivity index (χ1) is 10.5. The number of hydrogen-bond acceptors (Lipinski definition) is 6. The molecule has 0 saturated carbocycles. The molecule has 0 aliphatic rings. The number of carbonyl (C=O) groups is 1. The third-order valence-electron chi connectivity index (χ3n) is 2.92. The summed E-state index contributed by atoms with van der Waals surface area (Å²) in [7, 11) is 3.97. The molecule has 0 aliphatic carbocycles. The molecular weight excluding hydrogens is 286 g/mol. The lowest BCUT2D eigenvalue weighted by Crippen LogP contribution is -2.19. The highest BCUT2D eigenvalue weighted by molar-refractivity contribution is 5.66. The average molecular weight is 305 g/mol. The number of aliphatic carboxylic acids is 1. The zero-order valence-corrected chi connectivity index (χ0v) is 12.7. The number of carboxylic acids is 1. The third kappa shape index (κ3) is 4.85. The van der Waals surface area contributed by atoms with Crippen LogP contribution in [0.5, 0.6) is 5.75 Å². The largest absolute Gasteiger partial charge is 0.492 e. The van der Waals surface area contributed by atoms with Gasteiger partial charge in [0.05, 0.1) is 6.42 Å². The van der Waals surface area contributed by atoms with E-state index in [2.05, 4.69) is 10.1 Å². The summed E-state index contributed by atoms with van der Waals surface area (Å²) < 4.78 is 10.7. The van der Waals surface area contributed by atoms with Gasteiger partial charge in [-0.05, 0) is 26.2 Å². The van der Waals surface area contributed by atoms with Crippen LogP contribution in [0.4, 0.5) is 0 Å². The smallest absolute Gasteiger partial charge is 0.303 e. The Hall–Kier alpha value is -2.41. The number of likely N-dealkylation sites (N-methyl/N-ethyl adjacent to an activating group) is 1. The zero-order valence-electron chi connectivity index (χ0n) is 12.7. The molecule has 1 heterocycles. The van der Waals surface area contributed by atoms with Crippen LogP contribution >= 0.6 is 0 Å². The van der Waals surface area contributed by atoms with Gasteiger partial charge in [0.15, 0.2) is 0 Å². The first kappa shape index (κ1) is 16.0. The first-order valence-corrected chi connectivity index (χ1v) is 6.97. The Labute approximate surface area is 128 Å². The maximum Gasteiger partial charge on any atom is 0.303 e. The molecule has 7 nitrogen and oxygen atoms in total. The number of nitrogens with zero attached hydrogens (tertiary/aromatic N) is 3. The van der Waals surface area contributed by atoms with Gasteiger partial charge in [-0.25, -0.2) is 0 Å². The first-order valence-electron chi connectivity index (χ1n) is 6.97. The van der Waals surface area contributed by atoms with Gasteiger partial charge in [-0.15, -0.1) is 0 Å². The lowest BCUT2D eigenvalue weighted by atomic mass is 10.2. The topological polar surface area (TPSA) is 88.7 Å². The van der Waals surface area contributed by atoms with Crippen molar-refractivity contribution in [3.63, 3.8) is 0 Å².